The van der Waals surface area contributed by atoms with Crippen molar-refractivity contribution in [3.8, 4) is 0 Å². The molecule has 1 aliphatic carbocycles. The van der Waals surface area contributed by atoms with Crippen molar-refractivity contribution in [3.63, 3.8) is 0 Å². The van der Waals surface area contributed by atoms with Crippen LogP contribution in [0.3, 0.4) is 0 Å². The largest absolute Gasteiger partial charge is 0.300 e. The molecule has 0 spiro atoms. The highest BCUT2D eigenvalue weighted by Crippen LogP contribution is 2.33. The number of hydrogen-bond acceptors (Lipinski definition) is 1. The van der Waals surface area contributed by atoms with Gasteiger partial charge in [0.15, 0.2) is 0 Å². The fraction of sp³-hybridized carbons (Fsp3) is 0.609. The van der Waals surface area contributed by atoms with Crippen LogP contribution in [0.25, 0.3) is 0 Å². The molecule has 1 aliphatic rings. The lowest BCUT2D eigenvalue weighted by atomic mass is 9.80. The molecule has 2 atom stereocenters. The molecule has 0 heterocycles. The molecule has 0 N–H and O–H groups in total. The maximum absolute atomic E-state index is 12.3. The second-order valence-electron chi connectivity index (χ2n) is 7.38. The molecule has 0 fully saturated rings. The average molecular weight is 327 g/mol. The van der Waals surface area contributed by atoms with Crippen molar-refractivity contribution < 1.29 is 4.79 Å². The molecule has 132 valence electrons. The van der Waals surface area contributed by atoms with E-state index in [1.165, 1.54) is 44.1 Å². The molecular formula is C23H34O. The van der Waals surface area contributed by atoms with Gasteiger partial charge in [0, 0.05) is 12.8 Å². The second-order valence-corrected chi connectivity index (χ2v) is 7.38. The fourth-order valence-electron chi connectivity index (χ4n) is 3.80. The van der Waals surface area contributed by atoms with E-state index >= 15 is 0 Å². The fourth-order valence-corrected chi connectivity index (χ4v) is 3.80. The number of Topliss-reactive ketones (excluding diaryl/α,β-unsaturated/α-hetero) is 1. The van der Waals surface area contributed by atoms with E-state index in [0.717, 1.165) is 32.1 Å². The summed E-state index contributed by atoms with van der Waals surface area (Å²) in [7, 11) is 0. The van der Waals surface area contributed by atoms with Gasteiger partial charge in [-0.3, -0.25) is 4.79 Å². The van der Waals surface area contributed by atoms with Crippen LogP contribution < -0.4 is 0 Å². The minimum absolute atomic E-state index is 0.445. The highest BCUT2D eigenvalue weighted by molar-refractivity contribution is 5.78. The van der Waals surface area contributed by atoms with E-state index in [-0.39, 0.29) is 0 Å². The molecule has 0 bridgehead atoms. The van der Waals surface area contributed by atoms with Crippen molar-refractivity contribution in [3.05, 3.63) is 48.0 Å². The van der Waals surface area contributed by atoms with Crippen molar-refractivity contribution in [2.45, 2.75) is 83.5 Å². The lowest BCUT2D eigenvalue weighted by Gasteiger charge is -2.24. The smallest absolute Gasteiger partial charge is 0.133 e. The van der Waals surface area contributed by atoms with E-state index in [1.807, 2.05) is 0 Å². The first-order valence-electron chi connectivity index (χ1n) is 10.0. The van der Waals surface area contributed by atoms with Gasteiger partial charge in [-0.25, -0.2) is 0 Å². The van der Waals surface area contributed by atoms with Crippen LogP contribution in [-0.2, 0) is 4.79 Å². The van der Waals surface area contributed by atoms with Crippen molar-refractivity contribution in [2.24, 2.45) is 5.92 Å². The third-order valence-electron chi connectivity index (χ3n) is 5.24. The lowest BCUT2D eigenvalue weighted by molar-refractivity contribution is -0.119. The minimum atomic E-state index is 0.445. The number of carbonyl (C=O) groups is 1. The summed E-state index contributed by atoms with van der Waals surface area (Å²) in [6, 6.07) is 10.8. The van der Waals surface area contributed by atoms with Crippen LogP contribution in [0.1, 0.15) is 89.0 Å². The molecule has 2 rings (SSSR count). The van der Waals surface area contributed by atoms with Gasteiger partial charge in [-0.15, -0.1) is 0 Å². The highest BCUT2D eigenvalue weighted by atomic mass is 16.1. The van der Waals surface area contributed by atoms with Gasteiger partial charge in [-0.05, 0) is 36.7 Å². The predicted octanol–water partition coefficient (Wildman–Crippen LogP) is 6.84. The summed E-state index contributed by atoms with van der Waals surface area (Å²) in [5.41, 5.74) is 1.42. The summed E-state index contributed by atoms with van der Waals surface area (Å²) in [6.45, 7) is 2.25. The number of carbonyl (C=O) groups excluding carboxylic acids is 1. The maximum atomic E-state index is 12.3. The Bertz CT molecular complexity index is 488. The quantitative estimate of drug-likeness (QED) is 0.321. The van der Waals surface area contributed by atoms with Gasteiger partial charge in [-0.1, -0.05) is 87.9 Å². The number of hydrogen-bond donors (Lipinski definition) is 0. The molecule has 0 aromatic heterocycles. The van der Waals surface area contributed by atoms with Crippen LogP contribution in [0.5, 0.6) is 0 Å². The summed E-state index contributed by atoms with van der Waals surface area (Å²) in [5.74, 6) is 1.50. The summed E-state index contributed by atoms with van der Waals surface area (Å²) in [5, 5.41) is 0. The Labute approximate surface area is 148 Å². The zero-order chi connectivity index (χ0) is 17.0. The third kappa shape index (κ3) is 7.03. The van der Waals surface area contributed by atoms with Crippen LogP contribution in [0.15, 0.2) is 42.5 Å². The Morgan fingerprint density at radius 3 is 2.46 bits per heavy atom. The molecule has 0 saturated heterocycles. The lowest BCUT2D eigenvalue weighted by Crippen LogP contribution is -2.14. The Balaban J connectivity index is 1.63. The number of rotatable bonds is 11. The van der Waals surface area contributed by atoms with E-state index in [0.29, 0.717) is 17.6 Å². The summed E-state index contributed by atoms with van der Waals surface area (Å²) in [4.78, 5) is 12.3. The first kappa shape index (κ1) is 19.0. The number of unbranched alkanes of at least 4 members (excludes halogenated alkanes) is 6. The molecular weight excluding hydrogens is 292 g/mol. The Morgan fingerprint density at radius 1 is 1.00 bits per heavy atom. The first-order chi connectivity index (χ1) is 11.8. The van der Waals surface area contributed by atoms with Crippen molar-refractivity contribution in [1.29, 1.82) is 0 Å². The van der Waals surface area contributed by atoms with Crippen molar-refractivity contribution >= 4 is 5.78 Å². The monoisotopic (exact) mass is 326 g/mol. The molecule has 0 saturated carbocycles. The topological polar surface area (TPSA) is 17.1 Å². The molecule has 1 heteroatoms. The Hall–Kier alpha value is -1.37. The molecule has 1 nitrogen and oxygen atoms in total. The van der Waals surface area contributed by atoms with Gasteiger partial charge < -0.3 is 0 Å². The van der Waals surface area contributed by atoms with E-state index in [2.05, 4.69) is 49.4 Å². The third-order valence-corrected chi connectivity index (χ3v) is 5.24. The Morgan fingerprint density at radius 2 is 1.71 bits per heavy atom. The van der Waals surface area contributed by atoms with Gasteiger partial charge in [0.1, 0.15) is 5.78 Å². The van der Waals surface area contributed by atoms with Gasteiger partial charge in [0.25, 0.3) is 0 Å². The van der Waals surface area contributed by atoms with Gasteiger partial charge in [0.2, 0.25) is 0 Å². The molecule has 0 aliphatic heterocycles. The summed E-state index contributed by atoms with van der Waals surface area (Å²) >= 11 is 0. The first-order valence-corrected chi connectivity index (χ1v) is 10.0. The molecule has 1 unspecified atom stereocenters. The van der Waals surface area contributed by atoms with Crippen molar-refractivity contribution in [1.82, 2.24) is 0 Å². The molecule has 0 radical (unpaired) electrons. The molecule has 0 amide bonds. The van der Waals surface area contributed by atoms with E-state index in [4.69, 9.17) is 0 Å². The predicted molar refractivity (Wildman–Crippen MR) is 103 cm³/mol. The zero-order valence-electron chi connectivity index (χ0n) is 15.4. The molecule has 24 heavy (non-hydrogen) atoms. The highest BCUT2D eigenvalue weighted by Gasteiger charge is 2.21. The van der Waals surface area contributed by atoms with Gasteiger partial charge in [-0.2, -0.15) is 0 Å². The summed E-state index contributed by atoms with van der Waals surface area (Å²) < 4.78 is 0. The van der Waals surface area contributed by atoms with Crippen LogP contribution in [-0.4, -0.2) is 5.78 Å². The Kier molecular flexibility index (Phi) is 8.87. The average Bonchev–Trinajstić information content (AvgIpc) is 2.62. The van der Waals surface area contributed by atoms with E-state index in [9.17, 15) is 4.79 Å². The molecule has 1 aromatic carbocycles. The molecule has 1 aromatic rings. The van der Waals surface area contributed by atoms with E-state index in [1.54, 1.807) is 0 Å². The maximum Gasteiger partial charge on any atom is 0.133 e. The van der Waals surface area contributed by atoms with Crippen LogP contribution >= 0.6 is 0 Å². The van der Waals surface area contributed by atoms with Crippen LogP contribution in [0, 0.1) is 5.92 Å². The second kappa shape index (κ2) is 11.2. The number of allylic oxidation sites excluding steroid dienone is 2. The van der Waals surface area contributed by atoms with E-state index < -0.39 is 0 Å². The van der Waals surface area contributed by atoms with Gasteiger partial charge >= 0.3 is 0 Å². The van der Waals surface area contributed by atoms with Crippen LogP contribution in [0.2, 0.25) is 0 Å². The van der Waals surface area contributed by atoms with Crippen LogP contribution in [0.4, 0.5) is 0 Å². The van der Waals surface area contributed by atoms with Gasteiger partial charge in [0.05, 0.1) is 0 Å². The zero-order valence-corrected chi connectivity index (χ0v) is 15.4. The standard InChI is InChI=1S/C23H34O/c1-2-3-4-5-6-7-11-17-23(24)19-20-13-12-16-22(18-20)21-14-9-8-10-15-21/h8-10,12-15,20,22H,2-7,11,16-19H2,1H3/t20?,22-/m0/s1. The minimum Gasteiger partial charge on any atom is -0.300 e. The normalized spacial score (nSPS) is 20.2. The SMILES string of the molecule is CCCCCCCCCC(=O)CC1C=CC[C@H](c2ccccc2)C1. The number of benzene rings is 1. The number of ketones is 1. The summed E-state index contributed by atoms with van der Waals surface area (Å²) in [6.07, 6.45) is 17.3. The van der Waals surface area contributed by atoms with Crippen molar-refractivity contribution in [2.75, 3.05) is 0 Å².